The summed E-state index contributed by atoms with van der Waals surface area (Å²) in [5.74, 6) is -1.96. The first-order chi connectivity index (χ1) is 15.9. The van der Waals surface area contributed by atoms with Gasteiger partial charge in [-0.2, -0.15) is 13.2 Å². The van der Waals surface area contributed by atoms with Crippen molar-refractivity contribution in [2.75, 3.05) is 29.8 Å². The number of carbonyl (C=O) groups excluding carboxylic acids is 1. The lowest BCUT2D eigenvalue weighted by molar-refractivity contribution is -0.141. The van der Waals surface area contributed by atoms with E-state index in [1.54, 1.807) is 18.9 Å². The summed E-state index contributed by atoms with van der Waals surface area (Å²) in [7, 11) is 2.83. The number of anilines is 2. The number of alkyl halides is 3. The minimum absolute atomic E-state index is 0.0709. The molecule has 1 aromatic carbocycles. The first-order valence-electron chi connectivity index (χ1n) is 10.5. The number of aromatic nitrogens is 1. The third kappa shape index (κ3) is 6.89. The van der Waals surface area contributed by atoms with Crippen LogP contribution in [-0.4, -0.2) is 40.3 Å². The summed E-state index contributed by atoms with van der Waals surface area (Å²) in [6, 6.07) is 5.92. The van der Waals surface area contributed by atoms with Gasteiger partial charge < -0.3 is 19.1 Å². The van der Waals surface area contributed by atoms with E-state index in [1.807, 2.05) is 6.92 Å². The fourth-order valence-corrected chi connectivity index (χ4v) is 3.53. The van der Waals surface area contributed by atoms with Gasteiger partial charge in [0.15, 0.2) is 0 Å². The molecular formula is C22H27F4N4O3S-. The summed E-state index contributed by atoms with van der Waals surface area (Å²) in [4.78, 5) is 18.1. The van der Waals surface area contributed by atoms with Crippen molar-refractivity contribution in [2.45, 2.75) is 45.3 Å². The van der Waals surface area contributed by atoms with E-state index in [4.69, 9.17) is 0 Å². The molecule has 0 aliphatic heterocycles. The predicted octanol–water partition coefficient (Wildman–Crippen LogP) is 4.13. The first-order valence-corrected chi connectivity index (χ1v) is 11.6. The van der Waals surface area contributed by atoms with Gasteiger partial charge in [0.05, 0.1) is 11.6 Å². The molecule has 0 radical (unpaired) electrons. The van der Waals surface area contributed by atoms with Crippen LogP contribution >= 0.6 is 0 Å². The molecule has 0 aliphatic carbocycles. The highest BCUT2D eigenvalue weighted by atomic mass is 32.2. The molecule has 1 aromatic heterocycles. The summed E-state index contributed by atoms with van der Waals surface area (Å²) in [5, 5.41) is 2.66. The standard InChI is InChI=1S/C22H28F4N4O3S/c1-5-6-11-29(3)20-16(8-10-19(28-20)22(24,25)26)13-27-21(31)14(2)15-7-9-18(17(23)12-15)30(4)34(32)33/h7-10,12,14H,5-6,11,13H2,1-4H3,(H,27,31)(H,32,33)/p-1. The topological polar surface area (TPSA) is 88.6 Å². The molecule has 0 saturated carbocycles. The number of nitrogens with one attached hydrogen (secondary N) is 1. The molecule has 2 unspecified atom stereocenters. The van der Waals surface area contributed by atoms with Crippen molar-refractivity contribution in [3.05, 3.63) is 53.0 Å². The zero-order valence-electron chi connectivity index (χ0n) is 19.3. The Morgan fingerprint density at radius 3 is 2.47 bits per heavy atom. The highest BCUT2D eigenvalue weighted by molar-refractivity contribution is 7.80. The third-order valence-corrected chi connectivity index (χ3v) is 5.98. The molecule has 34 heavy (non-hydrogen) atoms. The fourth-order valence-electron chi connectivity index (χ4n) is 3.22. The number of rotatable bonds is 10. The predicted molar refractivity (Wildman–Crippen MR) is 121 cm³/mol. The van der Waals surface area contributed by atoms with Crippen LogP contribution in [0.15, 0.2) is 30.3 Å². The van der Waals surface area contributed by atoms with E-state index in [9.17, 15) is 31.1 Å². The van der Waals surface area contributed by atoms with Crippen molar-refractivity contribution in [1.82, 2.24) is 10.3 Å². The lowest BCUT2D eigenvalue weighted by Crippen LogP contribution is -2.30. The van der Waals surface area contributed by atoms with E-state index in [0.29, 0.717) is 17.7 Å². The average molecular weight is 504 g/mol. The quantitative estimate of drug-likeness (QED) is 0.389. The second-order valence-electron chi connectivity index (χ2n) is 7.82. The van der Waals surface area contributed by atoms with Gasteiger partial charge in [0.25, 0.3) is 0 Å². The number of hydrogen-bond acceptors (Lipinski definition) is 5. The van der Waals surface area contributed by atoms with E-state index in [0.717, 1.165) is 29.3 Å². The van der Waals surface area contributed by atoms with Crippen molar-refractivity contribution in [2.24, 2.45) is 0 Å². The minimum Gasteiger partial charge on any atom is -0.755 e. The largest absolute Gasteiger partial charge is 0.755 e. The molecule has 1 amide bonds. The number of carbonyl (C=O) groups is 1. The summed E-state index contributed by atoms with van der Waals surface area (Å²) in [6.07, 6.45) is -2.99. The Labute approximate surface area is 198 Å². The zero-order chi connectivity index (χ0) is 25.6. The summed E-state index contributed by atoms with van der Waals surface area (Å²) < 4.78 is 76.6. The number of hydrogen-bond donors (Lipinski definition) is 1. The van der Waals surface area contributed by atoms with Crippen molar-refractivity contribution in [1.29, 1.82) is 0 Å². The van der Waals surface area contributed by atoms with Crippen molar-refractivity contribution < 1.29 is 31.1 Å². The molecule has 0 aliphatic rings. The Morgan fingerprint density at radius 1 is 1.24 bits per heavy atom. The van der Waals surface area contributed by atoms with Gasteiger partial charge in [-0.05, 0) is 37.1 Å². The molecular weight excluding hydrogens is 476 g/mol. The molecule has 2 aromatic rings. The Balaban J connectivity index is 2.19. The maximum atomic E-state index is 14.4. The van der Waals surface area contributed by atoms with Crippen LogP contribution in [0, 0.1) is 5.82 Å². The lowest BCUT2D eigenvalue weighted by Gasteiger charge is -2.23. The molecule has 0 bridgehead atoms. The molecule has 188 valence electrons. The van der Waals surface area contributed by atoms with Crippen LogP contribution in [0.1, 0.15) is 49.4 Å². The van der Waals surface area contributed by atoms with Gasteiger partial charge >= 0.3 is 6.18 Å². The van der Waals surface area contributed by atoms with Gasteiger partial charge in [-0.25, -0.2) is 9.37 Å². The number of pyridine rings is 1. The monoisotopic (exact) mass is 503 g/mol. The molecule has 12 heteroatoms. The second kappa shape index (κ2) is 11.6. The van der Waals surface area contributed by atoms with E-state index in [2.05, 4.69) is 10.3 Å². The molecule has 0 spiro atoms. The number of unbranched alkanes of at least 4 members (excludes halogenated alkanes) is 1. The van der Waals surface area contributed by atoms with E-state index in [-0.39, 0.29) is 18.1 Å². The van der Waals surface area contributed by atoms with Crippen molar-refractivity contribution in [3.8, 4) is 0 Å². The van der Waals surface area contributed by atoms with Crippen LogP contribution < -0.4 is 14.5 Å². The second-order valence-corrected chi connectivity index (χ2v) is 8.80. The van der Waals surface area contributed by atoms with Crippen LogP contribution in [0.4, 0.5) is 29.1 Å². The Morgan fingerprint density at radius 2 is 1.91 bits per heavy atom. The molecule has 2 atom stereocenters. The molecule has 1 heterocycles. The molecule has 7 nitrogen and oxygen atoms in total. The van der Waals surface area contributed by atoms with E-state index < -0.39 is 40.8 Å². The fraction of sp³-hybridized carbons (Fsp3) is 0.455. The number of amides is 1. The van der Waals surface area contributed by atoms with Gasteiger partial charge in [-0.15, -0.1) is 0 Å². The zero-order valence-corrected chi connectivity index (χ0v) is 20.1. The molecule has 0 saturated heterocycles. The van der Waals surface area contributed by atoms with Gasteiger partial charge in [-0.3, -0.25) is 9.00 Å². The summed E-state index contributed by atoms with van der Waals surface area (Å²) in [5.41, 5.74) is -0.461. The number of nitrogens with zero attached hydrogens (tertiary/aromatic N) is 3. The molecule has 1 N–H and O–H groups in total. The number of halogens is 4. The van der Waals surface area contributed by atoms with Crippen LogP contribution in [0.3, 0.4) is 0 Å². The minimum atomic E-state index is -4.60. The van der Waals surface area contributed by atoms with Crippen molar-refractivity contribution in [3.63, 3.8) is 0 Å². The normalized spacial score (nSPS) is 13.3. The first kappa shape index (κ1) is 27.5. The Kier molecular flexibility index (Phi) is 9.39. The maximum absolute atomic E-state index is 14.4. The van der Waals surface area contributed by atoms with Crippen LogP contribution in [0.2, 0.25) is 0 Å². The van der Waals surface area contributed by atoms with Crippen LogP contribution in [0.25, 0.3) is 0 Å². The lowest BCUT2D eigenvalue weighted by atomic mass is 9.99. The van der Waals surface area contributed by atoms with Gasteiger partial charge in [0, 0.05) is 44.0 Å². The highest BCUT2D eigenvalue weighted by Crippen LogP contribution is 2.31. The Bertz CT molecular complexity index is 1040. The van der Waals surface area contributed by atoms with Crippen LogP contribution in [-0.2, 0) is 28.8 Å². The van der Waals surface area contributed by atoms with Gasteiger partial charge in [-0.1, -0.05) is 25.5 Å². The van der Waals surface area contributed by atoms with Gasteiger partial charge in [0.2, 0.25) is 5.91 Å². The highest BCUT2D eigenvalue weighted by Gasteiger charge is 2.33. The molecule has 2 rings (SSSR count). The summed E-state index contributed by atoms with van der Waals surface area (Å²) >= 11 is -2.65. The molecule has 0 fully saturated rings. The van der Waals surface area contributed by atoms with Crippen molar-refractivity contribution >= 4 is 28.7 Å². The van der Waals surface area contributed by atoms with Crippen LogP contribution in [0.5, 0.6) is 0 Å². The average Bonchev–Trinajstić information content (AvgIpc) is 2.79. The maximum Gasteiger partial charge on any atom is 0.433 e. The van der Waals surface area contributed by atoms with Gasteiger partial charge in [0.1, 0.15) is 17.3 Å². The number of benzene rings is 1. The SMILES string of the molecule is CCCCN(C)c1nc(C(F)(F)F)ccc1CNC(=O)C(C)c1ccc(N(C)S(=O)[O-])c(F)c1. The Hall–Kier alpha value is -2.73. The third-order valence-electron chi connectivity index (χ3n) is 5.34. The smallest absolute Gasteiger partial charge is 0.433 e. The van der Waals surface area contributed by atoms with E-state index in [1.165, 1.54) is 25.2 Å². The van der Waals surface area contributed by atoms with E-state index >= 15 is 0 Å². The summed E-state index contributed by atoms with van der Waals surface area (Å²) in [6.45, 7) is 3.93.